The lowest BCUT2D eigenvalue weighted by Crippen LogP contribution is -2.21. The molecule has 0 amide bonds. The van der Waals surface area contributed by atoms with E-state index in [2.05, 4.69) is 6.67 Å². The van der Waals surface area contributed by atoms with E-state index in [0.717, 1.165) is 24.3 Å². The number of nitrogens with zero attached hydrogens (tertiary/aromatic N) is 2. The van der Waals surface area contributed by atoms with Crippen LogP contribution in [0.25, 0.3) is 0 Å². The fourth-order valence-electron chi connectivity index (χ4n) is 2.26. The summed E-state index contributed by atoms with van der Waals surface area (Å²) in [5.41, 5.74) is -0.562. The molecule has 1 fully saturated rings. The van der Waals surface area contributed by atoms with Gasteiger partial charge in [0.25, 0.3) is 0 Å². The Kier molecular flexibility index (Phi) is 3.45. The van der Waals surface area contributed by atoms with Crippen LogP contribution in [0.5, 0.6) is 0 Å². The van der Waals surface area contributed by atoms with Gasteiger partial charge < -0.3 is 9.80 Å². The number of anilines is 2. The molecule has 1 saturated heterocycles. The van der Waals surface area contributed by atoms with Crippen molar-refractivity contribution in [2.45, 2.75) is 0 Å². The largest absolute Gasteiger partial charge is 0.335 e. The van der Waals surface area contributed by atoms with Crippen LogP contribution in [0.4, 0.5) is 28.9 Å². The van der Waals surface area contributed by atoms with Crippen molar-refractivity contribution in [2.75, 3.05) is 22.9 Å². The second kappa shape index (κ2) is 5.27. The lowest BCUT2D eigenvalue weighted by atomic mass is 10.2. The fraction of sp³-hybridized carbons (Fsp3) is 0.133. The molecule has 1 aliphatic heterocycles. The third kappa shape index (κ3) is 2.41. The van der Waals surface area contributed by atoms with Crippen molar-refractivity contribution in [1.29, 1.82) is 0 Å². The van der Waals surface area contributed by atoms with Gasteiger partial charge in [0.15, 0.2) is 0 Å². The first-order chi connectivity index (χ1) is 10.1. The first-order valence-corrected chi connectivity index (χ1v) is 6.27. The molecule has 2 aromatic carbocycles. The number of hydrogen-bond acceptors (Lipinski definition) is 2. The third-order valence-corrected chi connectivity index (χ3v) is 3.20. The molecule has 2 aromatic rings. The first kappa shape index (κ1) is 13.7. The summed E-state index contributed by atoms with van der Waals surface area (Å²) < 4.78 is 54.8. The van der Waals surface area contributed by atoms with Gasteiger partial charge in [-0.05, 0) is 24.3 Å². The number of rotatable bonds is 2. The maximum atomic E-state index is 13.7. The Morgan fingerprint density at radius 2 is 1.00 bits per heavy atom. The summed E-state index contributed by atoms with van der Waals surface area (Å²) in [4.78, 5) is 2.35. The molecule has 108 valence electrons. The molecule has 6 heteroatoms. The maximum Gasteiger partial charge on any atom is 0.209 e. The fourth-order valence-corrected chi connectivity index (χ4v) is 2.26. The average molecular weight is 294 g/mol. The van der Waals surface area contributed by atoms with E-state index < -0.39 is 23.3 Å². The summed E-state index contributed by atoms with van der Waals surface area (Å²) in [5, 5.41) is 0. The highest BCUT2D eigenvalue weighted by molar-refractivity contribution is 5.60. The van der Waals surface area contributed by atoms with Crippen LogP contribution in [-0.2, 0) is 0 Å². The quantitative estimate of drug-likeness (QED) is 0.781. The van der Waals surface area contributed by atoms with E-state index in [9.17, 15) is 17.6 Å². The number of para-hydroxylation sites is 2. The topological polar surface area (TPSA) is 6.48 Å². The summed E-state index contributed by atoms with van der Waals surface area (Å²) in [6, 6.07) is 6.97. The Morgan fingerprint density at radius 1 is 0.667 bits per heavy atom. The Labute approximate surface area is 119 Å². The molecule has 0 unspecified atom stereocenters. The summed E-state index contributed by atoms with van der Waals surface area (Å²) >= 11 is 0. The van der Waals surface area contributed by atoms with Crippen LogP contribution in [-0.4, -0.2) is 13.1 Å². The van der Waals surface area contributed by atoms with Crippen LogP contribution in [0.1, 0.15) is 0 Å². The lowest BCUT2D eigenvalue weighted by molar-refractivity contribution is 0.579. The zero-order valence-corrected chi connectivity index (χ0v) is 10.8. The minimum atomic E-state index is -0.752. The van der Waals surface area contributed by atoms with Crippen molar-refractivity contribution in [2.24, 2.45) is 0 Å². The predicted octanol–water partition coefficient (Wildman–Crippen LogP) is 3.57. The Bertz CT molecular complexity index is 577. The molecule has 0 aromatic heterocycles. The molecule has 2 nitrogen and oxygen atoms in total. The molecule has 1 aliphatic rings. The highest BCUT2D eigenvalue weighted by Crippen LogP contribution is 2.32. The zero-order chi connectivity index (χ0) is 15.0. The molecular weight excluding hydrogens is 284 g/mol. The second-order valence-corrected chi connectivity index (χ2v) is 4.54. The Hall–Kier alpha value is -2.24. The van der Waals surface area contributed by atoms with Gasteiger partial charge in [-0.3, -0.25) is 0 Å². The van der Waals surface area contributed by atoms with Gasteiger partial charge in [-0.15, -0.1) is 0 Å². The first-order valence-electron chi connectivity index (χ1n) is 6.27. The van der Waals surface area contributed by atoms with Gasteiger partial charge >= 0.3 is 0 Å². The van der Waals surface area contributed by atoms with Gasteiger partial charge in [-0.25, -0.2) is 17.6 Å². The van der Waals surface area contributed by atoms with Crippen LogP contribution in [0, 0.1) is 29.9 Å². The molecule has 0 saturated carbocycles. The third-order valence-electron chi connectivity index (χ3n) is 3.20. The van der Waals surface area contributed by atoms with Crippen molar-refractivity contribution in [3.05, 3.63) is 66.3 Å². The van der Waals surface area contributed by atoms with E-state index in [1.165, 1.54) is 21.9 Å². The molecule has 0 spiro atoms. The van der Waals surface area contributed by atoms with E-state index in [4.69, 9.17) is 0 Å². The molecule has 3 rings (SSSR count). The van der Waals surface area contributed by atoms with Gasteiger partial charge in [0, 0.05) is 13.1 Å². The van der Waals surface area contributed by atoms with E-state index in [-0.39, 0.29) is 24.5 Å². The number of hydrogen-bond donors (Lipinski definition) is 0. The van der Waals surface area contributed by atoms with Crippen molar-refractivity contribution < 1.29 is 17.6 Å². The summed E-state index contributed by atoms with van der Waals surface area (Å²) in [6.07, 6.45) is 0. The summed E-state index contributed by atoms with van der Waals surface area (Å²) in [5.74, 6) is -3.01. The van der Waals surface area contributed by atoms with Gasteiger partial charge in [-0.1, -0.05) is 12.1 Å². The maximum absolute atomic E-state index is 13.7. The molecular formula is C15H10F4N2. The van der Waals surface area contributed by atoms with Gasteiger partial charge in [-0.2, -0.15) is 0 Å². The predicted molar refractivity (Wildman–Crippen MR) is 70.7 cm³/mol. The molecule has 0 aliphatic carbocycles. The molecule has 1 heterocycles. The van der Waals surface area contributed by atoms with Crippen molar-refractivity contribution in [1.82, 2.24) is 0 Å². The second-order valence-electron chi connectivity index (χ2n) is 4.54. The Morgan fingerprint density at radius 3 is 1.33 bits per heavy atom. The van der Waals surface area contributed by atoms with Crippen molar-refractivity contribution >= 4 is 11.4 Å². The lowest BCUT2D eigenvalue weighted by Gasteiger charge is -2.20. The standard InChI is InChI=1S/C15H10F4N2/c16-10-3-1-4-11(17)14(10)20-7-8-21(9-20)15-12(18)5-2-6-13(15)19/h1-6H,7-8H2. The van der Waals surface area contributed by atoms with E-state index in [0.29, 0.717) is 0 Å². The van der Waals surface area contributed by atoms with Crippen LogP contribution in [0.3, 0.4) is 0 Å². The molecule has 2 radical (unpaired) electrons. The van der Waals surface area contributed by atoms with Gasteiger partial charge in [0.2, 0.25) is 6.67 Å². The normalized spacial score (nSPS) is 14.9. The van der Waals surface area contributed by atoms with Gasteiger partial charge in [0.1, 0.15) is 34.6 Å². The monoisotopic (exact) mass is 294 g/mol. The minimum Gasteiger partial charge on any atom is -0.335 e. The summed E-state index contributed by atoms with van der Waals surface area (Å²) in [6.45, 7) is 2.94. The van der Waals surface area contributed by atoms with Crippen LogP contribution in [0.15, 0.2) is 36.4 Å². The Balaban J connectivity index is 1.89. The van der Waals surface area contributed by atoms with Gasteiger partial charge in [0.05, 0.1) is 0 Å². The average Bonchev–Trinajstić information content (AvgIpc) is 2.87. The zero-order valence-electron chi connectivity index (χ0n) is 10.8. The van der Waals surface area contributed by atoms with E-state index >= 15 is 0 Å². The highest BCUT2D eigenvalue weighted by atomic mass is 19.1. The molecule has 0 N–H and O–H groups in total. The summed E-state index contributed by atoms with van der Waals surface area (Å²) in [7, 11) is 0. The van der Waals surface area contributed by atoms with Crippen LogP contribution in [0.2, 0.25) is 0 Å². The minimum absolute atomic E-state index is 0.172. The van der Waals surface area contributed by atoms with Crippen molar-refractivity contribution in [3.63, 3.8) is 0 Å². The molecule has 0 atom stereocenters. The molecule has 21 heavy (non-hydrogen) atoms. The van der Waals surface area contributed by atoms with Crippen LogP contribution >= 0.6 is 0 Å². The number of benzene rings is 2. The van der Waals surface area contributed by atoms with E-state index in [1.54, 1.807) is 0 Å². The van der Waals surface area contributed by atoms with E-state index in [1.807, 2.05) is 0 Å². The smallest absolute Gasteiger partial charge is 0.209 e. The van der Waals surface area contributed by atoms with Crippen LogP contribution < -0.4 is 9.80 Å². The molecule has 0 bridgehead atoms. The SMILES string of the molecule is Fc1cccc(F)c1N1[C]N(c2c(F)cccc2F)CC1. The number of halogens is 4. The van der Waals surface area contributed by atoms with Crippen molar-refractivity contribution in [3.8, 4) is 0 Å². The highest BCUT2D eigenvalue weighted by Gasteiger charge is 2.29.